The molecule has 0 unspecified atom stereocenters. The molecule has 0 spiro atoms. The molecule has 0 aliphatic carbocycles. The lowest BCUT2D eigenvalue weighted by molar-refractivity contribution is -0.123. The zero-order valence-electron chi connectivity index (χ0n) is 25.2. The predicted octanol–water partition coefficient (Wildman–Crippen LogP) is 3.27. The minimum Gasteiger partial charge on any atom is -0.493 e. The van der Waals surface area contributed by atoms with Gasteiger partial charge in [-0.3, -0.25) is 19.4 Å². The number of hydrogen-bond acceptors (Lipinski definition) is 8. The molecule has 3 amide bonds. The van der Waals surface area contributed by atoms with Crippen LogP contribution in [0, 0.1) is 11.7 Å². The van der Waals surface area contributed by atoms with E-state index in [1.54, 1.807) is 22.9 Å². The van der Waals surface area contributed by atoms with E-state index in [1.807, 2.05) is 44.2 Å². The third-order valence-corrected chi connectivity index (χ3v) is 7.22. The highest BCUT2D eigenvalue weighted by molar-refractivity contribution is 5.97. The molecule has 3 heterocycles. The molecule has 1 atom stereocenters. The van der Waals surface area contributed by atoms with E-state index in [-0.39, 0.29) is 44.3 Å². The number of halogens is 1. The van der Waals surface area contributed by atoms with Crippen LogP contribution in [0.15, 0.2) is 67.0 Å². The molecular formula is C32H34FN7O5. The Morgan fingerprint density at radius 1 is 1.07 bits per heavy atom. The minimum absolute atomic E-state index is 0.0190. The molecule has 12 nitrogen and oxygen atoms in total. The van der Waals surface area contributed by atoms with Crippen LogP contribution in [0.5, 0.6) is 11.5 Å². The second kappa shape index (κ2) is 14.0. The number of carbonyl (C=O) groups is 3. The molecule has 2 N–H and O–H groups in total. The summed E-state index contributed by atoms with van der Waals surface area (Å²) in [7, 11) is 1.51. The molecule has 2 aromatic carbocycles. The maximum Gasteiger partial charge on any atom is 0.256 e. The molecule has 2 bridgehead atoms. The first-order valence-corrected chi connectivity index (χ1v) is 14.5. The number of fused-ring (bicyclic) bond motifs is 3. The van der Waals surface area contributed by atoms with Gasteiger partial charge in [0.05, 0.1) is 38.0 Å². The fourth-order valence-corrected chi connectivity index (χ4v) is 4.92. The fourth-order valence-electron chi connectivity index (χ4n) is 4.92. The monoisotopic (exact) mass is 615 g/mol. The van der Waals surface area contributed by atoms with Gasteiger partial charge < -0.3 is 25.0 Å². The van der Waals surface area contributed by atoms with Crippen LogP contribution in [0.25, 0.3) is 11.4 Å². The van der Waals surface area contributed by atoms with Crippen molar-refractivity contribution in [2.75, 3.05) is 33.4 Å². The summed E-state index contributed by atoms with van der Waals surface area (Å²) in [6.07, 6.45) is 2.22. The topological polar surface area (TPSA) is 141 Å². The molecule has 0 radical (unpaired) electrons. The van der Waals surface area contributed by atoms with Crippen molar-refractivity contribution in [2.24, 2.45) is 5.92 Å². The van der Waals surface area contributed by atoms with E-state index in [2.05, 4.69) is 15.6 Å². The Kier molecular flexibility index (Phi) is 9.66. The van der Waals surface area contributed by atoms with Gasteiger partial charge in [0, 0.05) is 30.4 Å². The lowest BCUT2D eigenvalue weighted by Crippen LogP contribution is -2.46. The van der Waals surface area contributed by atoms with Crippen molar-refractivity contribution in [2.45, 2.75) is 26.4 Å². The van der Waals surface area contributed by atoms with Crippen LogP contribution in [0.3, 0.4) is 0 Å². The highest BCUT2D eigenvalue weighted by atomic mass is 19.1. The van der Waals surface area contributed by atoms with Crippen LogP contribution in [0.1, 0.15) is 46.4 Å². The molecule has 0 fully saturated rings. The summed E-state index contributed by atoms with van der Waals surface area (Å²) in [4.78, 5) is 49.8. The molecule has 0 saturated heterocycles. The Hall–Kier alpha value is -5.33. The van der Waals surface area contributed by atoms with Crippen LogP contribution in [0.4, 0.5) is 4.39 Å². The molecular weight excluding hydrogens is 581 g/mol. The van der Waals surface area contributed by atoms with E-state index in [1.165, 1.54) is 18.2 Å². The Labute approximate surface area is 259 Å². The third-order valence-electron chi connectivity index (χ3n) is 7.22. The highest BCUT2D eigenvalue weighted by Crippen LogP contribution is 2.29. The Morgan fingerprint density at radius 2 is 1.87 bits per heavy atom. The second-order valence-corrected chi connectivity index (χ2v) is 10.8. The van der Waals surface area contributed by atoms with Gasteiger partial charge in [0.25, 0.3) is 11.8 Å². The molecule has 45 heavy (non-hydrogen) atoms. The molecule has 5 rings (SSSR count). The van der Waals surface area contributed by atoms with Gasteiger partial charge in [-0.2, -0.15) is 5.10 Å². The number of amides is 3. The lowest BCUT2D eigenvalue weighted by atomic mass is 10.0. The average molecular weight is 616 g/mol. The number of ether oxygens (including phenoxy) is 2. The molecule has 0 saturated carbocycles. The van der Waals surface area contributed by atoms with Crippen molar-refractivity contribution in [1.82, 2.24) is 35.3 Å². The lowest BCUT2D eigenvalue weighted by Gasteiger charge is -2.26. The van der Waals surface area contributed by atoms with Gasteiger partial charge in [-0.1, -0.05) is 44.2 Å². The van der Waals surface area contributed by atoms with E-state index in [0.29, 0.717) is 28.7 Å². The van der Waals surface area contributed by atoms with E-state index in [0.717, 1.165) is 17.8 Å². The summed E-state index contributed by atoms with van der Waals surface area (Å²) in [5.74, 6) is -0.496. The predicted molar refractivity (Wildman–Crippen MR) is 162 cm³/mol. The van der Waals surface area contributed by atoms with E-state index in [4.69, 9.17) is 19.6 Å². The first kappa shape index (κ1) is 31.1. The SMILES string of the molecule is COc1ccc2cc1OCCn1nc(-c3ccccc3)nc1[C@@H](C(C)C)NC(=O)CN(C(=O)c1cncc(F)c1)CCNC2=O. The molecule has 13 heteroatoms. The second-order valence-electron chi connectivity index (χ2n) is 10.8. The highest BCUT2D eigenvalue weighted by Gasteiger charge is 2.28. The Bertz CT molecular complexity index is 1680. The summed E-state index contributed by atoms with van der Waals surface area (Å²) in [5, 5.41) is 10.5. The Balaban J connectivity index is 1.53. The fraction of sp³-hybridized carbons (Fsp3) is 0.312. The standard InChI is InChI=1S/C32H34FN7O5/c1-20(2)28-30-37-29(21-7-5-4-6-8-21)38-40(30)13-14-45-26-16-22(9-10-25(26)44-3)31(42)35-11-12-39(19-27(41)36-28)32(43)23-15-24(33)18-34-17-23/h4-10,15-18,20,28H,11-14,19H2,1-3H3,(H,35,42)(H,36,41)/t28-/m1/s1. The smallest absolute Gasteiger partial charge is 0.256 e. The third kappa shape index (κ3) is 7.43. The number of benzene rings is 2. The van der Waals surface area contributed by atoms with Gasteiger partial charge in [0.1, 0.15) is 12.4 Å². The quantitative estimate of drug-likeness (QED) is 0.357. The van der Waals surface area contributed by atoms with Gasteiger partial charge in [-0.25, -0.2) is 14.1 Å². The van der Waals surface area contributed by atoms with Gasteiger partial charge in [0.15, 0.2) is 23.1 Å². The molecule has 234 valence electrons. The summed E-state index contributed by atoms with van der Waals surface area (Å²) in [6.45, 7) is 3.94. The first-order valence-electron chi connectivity index (χ1n) is 14.5. The largest absolute Gasteiger partial charge is 0.493 e. The number of nitrogens with one attached hydrogen (secondary N) is 2. The zero-order chi connectivity index (χ0) is 31.9. The number of rotatable bonds is 4. The van der Waals surface area contributed by atoms with Crippen LogP contribution in [-0.2, 0) is 11.3 Å². The maximum absolute atomic E-state index is 13.9. The number of nitrogens with zero attached hydrogens (tertiary/aromatic N) is 5. The van der Waals surface area contributed by atoms with Crippen molar-refractivity contribution in [3.8, 4) is 22.9 Å². The summed E-state index contributed by atoms with van der Waals surface area (Å²) in [6, 6.07) is 14.8. The van der Waals surface area contributed by atoms with Gasteiger partial charge in [0.2, 0.25) is 5.91 Å². The zero-order valence-corrected chi connectivity index (χ0v) is 25.2. The van der Waals surface area contributed by atoms with Crippen molar-refractivity contribution in [1.29, 1.82) is 0 Å². The average Bonchev–Trinajstić information content (AvgIpc) is 3.46. The van der Waals surface area contributed by atoms with Crippen LogP contribution < -0.4 is 20.1 Å². The van der Waals surface area contributed by atoms with Crippen LogP contribution in [0.2, 0.25) is 0 Å². The van der Waals surface area contributed by atoms with Gasteiger partial charge in [-0.15, -0.1) is 0 Å². The molecule has 1 aliphatic heterocycles. The number of carbonyl (C=O) groups excluding carboxylic acids is 3. The Morgan fingerprint density at radius 3 is 2.60 bits per heavy atom. The number of aromatic nitrogens is 4. The van der Waals surface area contributed by atoms with Crippen molar-refractivity contribution in [3.05, 3.63) is 89.8 Å². The number of pyridine rings is 1. The van der Waals surface area contributed by atoms with E-state index < -0.39 is 29.6 Å². The van der Waals surface area contributed by atoms with E-state index >= 15 is 0 Å². The summed E-state index contributed by atoms with van der Waals surface area (Å²) < 4.78 is 27.1. The summed E-state index contributed by atoms with van der Waals surface area (Å²) in [5.41, 5.74) is 1.09. The first-order chi connectivity index (χ1) is 21.7. The molecule has 2 aromatic heterocycles. The number of hydrogen-bond donors (Lipinski definition) is 2. The molecule has 1 aliphatic rings. The van der Waals surface area contributed by atoms with Crippen LogP contribution >= 0.6 is 0 Å². The number of methoxy groups -OCH3 is 1. The summed E-state index contributed by atoms with van der Waals surface area (Å²) >= 11 is 0. The molecule has 4 aromatic rings. The maximum atomic E-state index is 13.9. The van der Waals surface area contributed by atoms with Gasteiger partial charge in [-0.05, 0) is 30.2 Å². The van der Waals surface area contributed by atoms with E-state index in [9.17, 15) is 18.8 Å². The normalized spacial score (nSPS) is 16.2. The van der Waals surface area contributed by atoms with Crippen molar-refractivity contribution in [3.63, 3.8) is 0 Å². The van der Waals surface area contributed by atoms with Crippen molar-refractivity contribution < 1.29 is 28.2 Å². The van der Waals surface area contributed by atoms with Gasteiger partial charge >= 0.3 is 0 Å². The minimum atomic E-state index is -0.685. The van der Waals surface area contributed by atoms with Crippen molar-refractivity contribution >= 4 is 17.7 Å². The van der Waals surface area contributed by atoms with Crippen LogP contribution in [-0.4, -0.2) is 75.7 Å².